The lowest BCUT2D eigenvalue weighted by molar-refractivity contribution is 0.412. The summed E-state index contributed by atoms with van der Waals surface area (Å²) in [4.78, 5) is 0. The number of aromatic hydroxyl groups is 1. The minimum Gasteiger partial charge on any atom is -0.504 e. The summed E-state index contributed by atoms with van der Waals surface area (Å²) in [6.45, 7) is 0. The van der Waals surface area contributed by atoms with E-state index in [2.05, 4.69) is 0 Å². The van der Waals surface area contributed by atoms with Gasteiger partial charge < -0.3 is 9.84 Å². The molecular weight excluding hydrogens is 220 g/mol. The third-order valence-corrected chi connectivity index (χ3v) is 2.54. The van der Waals surface area contributed by atoms with Crippen molar-refractivity contribution < 1.29 is 9.84 Å². The van der Waals surface area contributed by atoms with Crippen LogP contribution in [-0.4, -0.2) is 5.11 Å². The second-order valence-electron chi connectivity index (χ2n) is 2.67. The summed E-state index contributed by atoms with van der Waals surface area (Å²) < 4.78 is 5.41. The summed E-state index contributed by atoms with van der Waals surface area (Å²) in [6.07, 6.45) is 0. The van der Waals surface area contributed by atoms with Crippen molar-refractivity contribution in [2.45, 2.75) is 0 Å². The van der Waals surface area contributed by atoms with E-state index < -0.39 is 0 Å². The molecule has 0 saturated heterocycles. The van der Waals surface area contributed by atoms with E-state index in [1.54, 1.807) is 12.1 Å². The third-order valence-electron chi connectivity index (χ3n) is 1.64. The van der Waals surface area contributed by atoms with Crippen LogP contribution in [0.3, 0.4) is 0 Å². The van der Waals surface area contributed by atoms with E-state index in [-0.39, 0.29) is 5.75 Å². The second kappa shape index (κ2) is 3.90. The molecule has 4 heteroatoms. The molecule has 1 aromatic carbocycles. The molecule has 0 radical (unpaired) electrons. The maximum Gasteiger partial charge on any atom is 0.169 e. The van der Waals surface area contributed by atoms with Gasteiger partial charge in [0.05, 0.1) is 0 Å². The number of hydrogen-bond acceptors (Lipinski definition) is 3. The van der Waals surface area contributed by atoms with Crippen LogP contribution < -0.4 is 4.74 Å². The topological polar surface area (TPSA) is 29.5 Å². The Morgan fingerprint density at radius 3 is 2.79 bits per heavy atom. The summed E-state index contributed by atoms with van der Waals surface area (Å²) in [5.74, 6) is 1.17. The van der Waals surface area contributed by atoms with Gasteiger partial charge in [-0.05, 0) is 23.6 Å². The SMILES string of the molecule is Oc1cc(Cl)ccc1Oc1ccsc1. The van der Waals surface area contributed by atoms with E-state index in [0.29, 0.717) is 16.5 Å². The molecule has 2 aromatic rings. The Balaban J connectivity index is 2.25. The number of hydrogen-bond donors (Lipinski definition) is 1. The Morgan fingerprint density at radius 2 is 2.14 bits per heavy atom. The Morgan fingerprint density at radius 1 is 1.29 bits per heavy atom. The van der Waals surface area contributed by atoms with Gasteiger partial charge in [-0.25, -0.2) is 0 Å². The number of phenolic OH excluding ortho intramolecular Hbond substituents is 1. The van der Waals surface area contributed by atoms with Gasteiger partial charge in [0, 0.05) is 16.5 Å². The quantitative estimate of drug-likeness (QED) is 0.842. The van der Waals surface area contributed by atoms with E-state index in [0.717, 1.165) is 0 Å². The van der Waals surface area contributed by atoms with Crippen LogP contribution in [0.2, 0.25) is 5.02 Å². The zero-order valence-corrected chi connectivity index (χ0v) is 8.68. The third kappa shape index (κ3) is 2.00. The Bertz CT molecular complexity index is 426. The van der Waals surface area contributed by atoms with Gasteiger partial charge in [0.1, 0.15) is 5.75 Å². The zero-order chi connectivity index (χ0) is 9.97. The highest BCUT2D eigenvalue weighted by molar-refractivity contribution is 7.08. The molecule has 72 valence electrons. The van der Waals surface area contributed by atoms with Crippen molar-refractivity contribution >= 4 is 22.9 Å². The van der Waals surface area contributed by atoms with Crippen LogP contribution in [0.5, 0.6) is 17.2 Å². The molecular formula is C10H7ClO2S. The average Bonchev–Trinajstić information content (AvgIpc) is 2.62. The second-order valence-corrected chi connectivity index (χ2v) is 3.89. The normalized spacial score (nSPS) is 10.1. The van der Waals surface area contributed by atoms with Gasteiger partial charge in [0.25, 0.3) is 0 Å². The zero-order valence-electron chi connectivity index (χ0n) is 7.11. The highest BCUT2D eigenvalue weighted by Crippen LogP contribution is 2.33. The summed E-state index contributed by atoms with van der Waals surface area (Å²) in [5, 5.41) is 13.7. The van der Waals surface area contributed by atoms with Gasteiger partial charge >= 0.3 is 0 Å². The smallest absolute Gasteiger partial charge is 0.169 e. The molecule has 0 bridgehead atoms. The molecule has 0 aliphatic rings. The van der Waals surface area contributed by atoms with Gasteiger partial charge in [0.15, 0.2) is 11.5 Å². The van der Waals surface area contributed by atoms with Gasteiger partial charge in [-0.3, -0.25) is 0 Å². The lowest BCUT2D eigenvalue weighted by Gasteiger charge is -2.05. The van der Waals surface area contributed by atoms with E-state index >= 15 is 0 Å². The molecule has 0 fully saturated rings. The number of halogens is 1. The minimum atomic E-state index is 0.0451. The highest BCUT2D eigenvalue weighted by Gasteiger charge is 2.04. The molecule has 0 aliphatic carbocycles. The monoisotopic (exact) mass is 226 g/mol. The van der Waals surface area contributed by atoms with Crippen molar-refractivity contribution in [3.8, 4) is 17.2 Å². The van der Waals surface area contributed by atoms with Crippen LogP contribution in [0.15, 0.2) is 35.0 Å². The summed E-state index contributed by atoms with van der Waals surface area (Å²) in [5.41, 5.74) is 0. The van der Waals surface area contributed by atoms with Crippen LogP contribution in [0.4, 0.5) is 0 Å². The van der Waals surface area contributed by atoms with Crippen molar-refractivity contribution in [3.63, 3.8) is 0 Å². The van der Waals surface area contributed by atoms with Crippen LogP contribution in [0, 0.1) is 0 Å². The van der Waals surface area contributed by atoms with Crippen molar-refractivity contribution in [2.24, 2.45) is 0 Å². The first-order valence-corrected chi connectivity index (χ1v) is 5.26. The van der Waals surface area contributed by atoms with Crippen molar-refractivity contribution in [1.29, 1.82) is 0 Å². The van der Waals surface area contributed by atoms with E-state index in [1.165, 1.54) is 17.4 Å². The number of thiophene rings is 1. The first-order chi connectivity index (χ1) is 6.75. The minimum absolute atomic E-state index is 0.0451. The Labute approximate surface area is 90.3 Å². The molecule has 2 nitrogen and oxygen atoms in total. The van der Waals surface area contributed by atoms with Crippen molar-refractivity contribution in [3.05, 3.63) is 40.0 Å². The van der Waals surface area contributed by atoms with Crippen LogP contribution in [0.1, 0.15) is 0 Å². The van der Waals surface area contributed by atoms with E-state index in [4.69, 9.17) is 16.3 Å². The predicted molar refractivity (Wildman–Crippen MR) is 57.5 cm³/mol. The summed E-state index contributed by atoms with van der Waals surface area (Å²) in [7, 11) is 0. The maximum absolute atomic E-state index is 9.48. The fourth-order valence-corrected chi connectivity index (χ4v) is 1.73. The molecule has 0 atom stereocenters. The molecule has 0 aliphatic heterocycles. The first-order valence-electron chi connectivity index (χ1n) is 3.94. The molecule has 1 heterocycles. The highest BCUT2D eigenvalue weighted by atomic mass is 35.5. The molecule has 14 heavy (non-hydrogen) atoms. The van der Waals surface area contributed by atoms with Crippen LogP contribution >= 0.6 is 22.9 Å². The Hall–Kier alpha value is -1.19. The van der Waals surface area contributed by atoms with E-state index in [1.807, 2.05) is 16.8 Å². The number of benzene rings is 1. The molecule has 0 spiro atoms. The van der Waals surface area contributed by atoms with Crippen molar-refractivity contribution in [1.82, 2.24) is 0 Å². The first kappa shape index (κ1) is 9.37. The van der Waals surface area contributed by atoms with E-state index in [9.17, 15) is 5.11 Å². The van der Waals surface area contributed by atoms with Crippen LogP contribution in [-0.2, 0) is 0 Å². The lowest BCUT2D eigenvalue weighted by atomic mass is 10.3. The Kier molecular flexibility index (Phi) is 2.61. The maximum atomic E-state index is 9.48. The van der Waals surface area contributed by atoms with Crippen molar-refractivity contribution in [2.75, 3.05) is 0 Å². The van der Waals surface area contributed by atoms with Gasteiger partial charge in [0.2, 0.25) is 0 Å². The molecule has 0 amide bonds. The van der Waals surface area contributed by atoms with Gasteiger partial charge in [-0.2, -0.15) is 0 Å². The molecule has 0 unspecified atom stereocenters. The van der Waals surface area contributed by atoms with Gasteiger partial charge in [-0.15, -0.1) is 11.3 Å². The molecule has 0 saturated carbocycles. The fraction of sp³-hybridized carbons (Fsp3) is 0. The molecule has 1 N–H and O–H groups in total. The number of phenols is 1. The van der Waals surface area contributed by atoms with Crippen LogP contribution in [0.25, 0.3) is 0 Å². The van der Waals surface area contributed by atoms with Gasteiger partial charge in [-0.1, -0.05) is 11.6 Å². The standard InChI is InChI=1S/C10H7ClO2S/c11-7-1-2-10(9(12)5-7)13-8-3-4-14-6-8/h1-6,12H. The fourth-order valence-electron chi connectivity index (χ4n) is 1.01. The predicted octanol–water partition coefficient (Wildman–Crippen LogP) is 3.90. The summed E-state index contributed by atoms with van der Waals surface area (Å²) in [6, 6.07) is 6.58. The largest absolute Gasteiger partial charge is 0.504 e. The molecule has 1 aromatic heterocycles. The number of rotatable bonds is 2. The molecule has 2 rings (SSSR count). The summed E-state index contributed by atoms with van der Waals surface area (Å²) >= 11 is 7.22. The average molecular weight is 227 g/mol. The number of ether oxygens (including phenoxy) is 1. The lowest BCUT2D eigenvalue weighted by Crippen LogP contribution is -1.81.